The van der Waals surface area contributed by atoms with Crippen molar-refractivity contribution in [3.8, 4) is 0 Å². The largest absolute Gasteiger partial charge is 0.381 e. The summed E-state index contributed by atoms with van der Waals surface area (Å²) in [4.78, 5) is 40.0. The second-order valence-electron chi connectivity index (χ2n) is 14.6. The number of thioether (sulfide) groups is 1. The molecule has 4 aliphatic carbocycles. The maximum absolute atomic E-state index is 13.5. The molecule has 50 heavy (non-hydrogen) atoms. The van der Waals surface area contributed by atoms with Gasteiger partial charge in [0.15, 0.2) is 22.2 Å². The van der Waals surface area contributed by atoms with E-state index in [1.54, 1.807) is 37.9 Å². The van der Waals surface area contributed by atoms with Crippen molar-refractivity contribution in [3.05, 3.63) is 67.6 Å². The zero-order valence-electron chi connectivity index (χ0n) is 28.9. The molecule has 2 aromatic rings. The van der Waals surface area contributed by atoms with Crippen LogP contribution in [0.5, 0.6) is 0 Å². The minimum atomic E-state index is -0.871. The van der Waals surface area contributed by atoms with E-state index in [-0.39, 0.29) is 36.2 Å². The molecule has 2 aromatic carbocycles. The van der Waals surface area contributed by atoms with E-state index in [2.05, 4.69) is 62.2 Å². The van der Waals surface area contributed by atoms with Crippen LogP contribution in [0.4, 0.5) is 0 Å². The lowest BCUT2D eigenvalue weighted by molar-refractivity contribution is -0.138. The third-order valence-electron chi connectivity index (χ3n) is 12.5. The molecule has 2 saturated carbocycles. The third-order valence-corrected chi connectivity index (χ3v) is 14.3. The molecule has 2 aliphatic heterocycles. The molecule has 2 amide bonds. The van der Waals surface area contributed by atoms with Crippen molar-refractivity contribution in [2.24, 2.45) is 26.5 Å². The van der Waals surface area contributed by atoms with E-state index in [1.807, 2.05) is 19.4 Å². The number of fused-ring (bicyclic) bond motifs is 6. The molecule has 0 bridgehead atoms. The van der Waals surface area contributed by atoms with Crippen LogP contribution in [0.2, 0.25) is 0 Å². The number of carbonyl (C=O) groups excluding carboxylic acids is 2. The number of benzene rings is 2. The number of amidine groups is 1. The fourth-order valence-electron chi connectivity index (χ4n) is 9.93. The summed E-state index contributed by atoms with van der Waals surface area (Å²) in [7, 11) is 7.14. The van der Waals surface area contributed by atoms with Crippen molar-refractivity contribution in [2.75, 3.05) is 34.6 Å². The zero-order valence-corrected chi connectivity index (χ0v) is 32.8. The summed E-state index contributed by atoms with van der Waals surface area (Å²) in [6.07, 6.45) is 12.1. The van der Waals surface area contributed by atoms with E-state index < -0.39 is 11.1 Å². The van der Waals surface area contributed by atoms with Gasteiger partial charge in [-0.2, -0.15) is 0 Å². The van der Waals surface area contributed by atoms with Crippen LogP contribution in [-0.4, -0.2) is 79.5 Å². The molecule has 2 heterocycles. The molecule has 2 fully saturated rings. The molecule has 2 unspecified atom stereocenters. The Morgan fingerprint density at radius 2 is 1.18 bits per heavy atom. The van der Waals surface area contributed by atoms with Crippen LogP contribution in [0.25, 0.3) is 0 Å². The first-order valence-electron chi connectivity index (χ1n) is 17.1. The first kappa shape index (κ1) is 37.5. The van der Waals surface area contributed by atoms with Gasteiger partial charge >= 0.3 is 0 Å². The van der Waals surface area contributed by atoms with Crippen LogP contribution in [0.1, 0.15) is 81.0 Å². The van der Waals surface area contributed by atoms with Crippen molar-refractivity contribution < 1.29 is 19.1 Å². The van der Waals surface area contributed by atoms with Crippen molar-refractivity contribution in [1.82, 2.24) is 9.80 Å². The van der Waals surface area contributed by atoms with Gasteiger partial charge in [0.25, 0.3) is 11.8 Å². The molecule has 270 valence electrons. The Balaban J connectivity index is 0.000000170. The van der Waals surface area contributed by atoms with Crippen molar-refractivity contribution in [3.63, 3.8) is 0 Å². The number of hydrogen-bond donors (Lipinski definition) is 1. The monoisotopic (exact) mass is 829 g/mol. The van der Waals surface area contributed by atoms with E-state index in [9.17, 15) is 9.59 Å². The number of methoxy groups -OCH3 is 2. The van der Waals surface area contributed by atoms with Crippen LogP contribution in [0.15, 0.2) is 55.3 Å². The Morgan fingerprint density at radius 1 is 0.760 bits per heavy atom. The first-order valence-corrected chi connectivity index (χ1v) is 19.9. The number of rotatable bonds is 2. The summed E-state index contributed by atoms with van der Waals surface area (Å²) in [6, 6.07) is 12.6. The maximum atomic E-state index is 13.5. The molecule has 8 rings (SSSR count). The lowest BCUT2D eigenvalue weighted by Crippen LogP contribution is -2.51. The lowest BCUT2D eigenvalue weighted by Gasteiger charge is -2.45. The van der Waals surface area contributed by atoms with Gasteiger partial charge in [-0.15, -0.1) is 0 Å². The molecule has 12 heteroatoms. The van der Waals surface area contributed by atoms with Crippen molar-refractivity contribution in [1.29, 1.82) is 0 Å². The van der Waals surface area contributed by atoms with E-state index in [0.717, 1.165) is 89.4 Å². The number of carbonyl (C=O) groups is 2. The molecule has 0 aromatic heterocycles. The molecular formula is C38H49Br2N5O4S. The predicted octanol–water partition coefficient (Wildman–Crippen LogP) is 7.17. The Kier molecular flexibility index (Phi) is 10.2. The second-order valence-corrected chi connectivity index (χ2v) is 17.2. The molecule has 6 aliphatic rings. The second kappa shape index (κ2) is 13.6. The van der Waals surface area contributed by atoms with Gasteiger partial charge in [-0.05, 0) is 117 Å². The normalized spacial score (nSPS) is 33.8. The van der Waals surface area contributed by atoms with Crippen LogP contribution < -0.4 is 5.73 Å². The number of ether oxygens (including phenoxy) is 2. The minimum Gasteiger partial charge on any atom is -0.381 e. The number of nitrogens with zero attached hydrogens (tertiary/aromatic N) is 4. The standard InChI is InChI=1S/C19H23BrN2O2S.C18H22BrN3O2.CH4/c1-22-16(23)19(21-17(22)25-3)15-10-13(20)5-4-12(15)11-18(19)8-6-14(24-2)7-9-18;1-22-15(23)18(21-16(22)20)14-9-12(19)4-3-11(14)10-17(18)7-5-13(24-2)6-8-17;/h4-5,10,14H,6-9,11H2,1-3H3;3-4,9,13H,5-8,10H2,1-2H3,(H2,20,21);1H4. The smallest absolute Gasteiger partial charge is 0.262 e. The molecule has 9 nitrogen and oxygen atoms in total. The summed E-state index contributed by atoms with van der Waals surface area (Å²) >= 11 is 8.71. The van der Waals surface area contributed by atoms with Gasteiger partial charge in [0.05, 0.1) is 12.2 Å². The van der Waals surface area contributed by atoms with E-state index in [1.165, 1.54) is 16.0 Å². The number of halogens is 2. The van der Waals surface area contributed by atoms with E-state index >= 15 is 0 Å². The first-order chi connectivity index (χ1) is 23.4. The molecule has 2 N–H and O–H groups in total. The van der Waals surface area contributed by atoms with E-state index in [0.29, 0.717) is 12.1 Å². The highest BCUT2D eigenvalue weighted by Gasteiger charge is 2.67. The van der Waals surface area contributed by atoms with Gasteiger partial charge in [-0.25, -0.2) is 9.98 Å². The number of amides is 2. The van der Waals surface area contributed by atoms with Crippen LogP contribution in [0, 0.1) is 10.8 Å². The average Bonchev–Trinajstić information content (AvgIpc) is 3.71. The maximum Gasteiger partial charge on any atom is 0.262 e. The van der Waals surface area contributed by atoms with Crippen LogP contribution >= 0.6 is 43.6 Å². The van der Waals surface area contributed by atoms with Gasteiger partial charge in [-0.3, -0.25) is 19.4 Å². The highest BCUT2D eigenvalue weighted by atomic mass is 79.9. The summed E-state index contributed by atoms with van der Waals surface area (Å²) in [5.74, 6) is 0.457. The molecule has 4 spiro atoms. The Bertz CT molecular complexity index is 1750. The fraction of sp³-hybridized carbons (Fsp3) is 0.579. The number of aliphatic imine (C=N–C) groups is 2. The number of hydrogen-bond acceptors (Lipinski definition) is 8. The topological polar surface area (TPSA) is 110 Å². The SMILES string of the molecule is C.COC1CCC2(CC1)Cc1ccc(Br)cc1C21N=C(N)N(C)C1=O.COC1CCC2(CC1)Cc1ccc(Br)cc1C21N=C(SC)N(C)C1=O. The quantitative estimate of drug-likeness (QED) is 0.344. The Hall–Kier alpha value is -2.25. The highest BCUT2D eigenvalue weighted by Crippen LogP contribution is 2.63. The molecular weight excluding hydrogens is 782 g/mol. The van der Waals surface area contributed by atoms with Gasteiger partial charge in [-0.1, -0.05) is 63.2 Å². The predicted molar refractivity (Wildman–Crippen MR) is 207 cm³/mol. The van der Waals surface area contributed by atoms with Crippen molar-refractivity contribution >= 4 is 66.6 Å². The van der Waals surface area contributed by atoms with Crippen LogP contribution in [0.3, 0.4) is 0 Å². The average molecular weight is 832 g/mol. The van der Waals surface area contributed by atoms with Gasteiger partial charge in [0.1, 0.15) is 0 Å². The summed E-state index contributed by atoms with van der Waals surface area (Å²) in [5, 5.41) is 0.825. The summed E-state index contributed by atoms with van der Waals surface area (Å²) in [6.45, 7) is 0. The number of likely N-dealkylation sites (N-methyl/N-ethyl adjacent to an activating group) is 2. The fourth-order valence-corrected chi connectivity index (χ4v) is 11.2. The minimum absolute atomic E-state index is 0. The summed E-state index contributed by atoms with van der Waals surface area (Å²) < 4.78 is 13.1. The van der Waals surface area contributed by atoms with Gasteiger partial charge in [0.2, 0.25) is 0 Å². The Morgan fingerprint density at radius 3 is 1.54 bits per heavy atom. The zero-order chi connectivity index (χ0) is 34.9. The Labute approximate surface area is 317 Å². The highest BCUT2D eigenvalue weighted by molar-refractivity contribution is 9.10. The third kappa shape index (κ3) is 5.28. The molecule has 0 saturated heterocycles. The summed E-state index contributed by atoms with van der Waals surface area (Å²) in [5.41, 5.74) is 8.72. The van der Waals surface area contributed by atoms with Gasteiger partial charge in [0, 0.05) is 48.1 Å². The van der Waals surface area contributed by atoms with Crippen molar-refractivity contribution in [2.45, 2.75) is 94.9 Å². The van der Waals surface area contributed by atoms with E-state index in [4.69, 9.17) is 25.2 Å². The van der Waals surface area contributed by atoms with Crippen LogP contribution in [-0.2, 0) is 43.0 Å². The lowest BCUT2D eigenvalue weighted by atomic mass is 9.61. The van der Waals surface area contributed by atoms with Gasteiger partial charge < -0.3 is 15.2 Å². The number of nitrogens with two attached hydrogens (primary N) is 1. The number of guanidine groups is 1. The molecule has 0 radical (unpaired) electrons. The molecule has 2 atom stereocenters.